The highest BCUT2D eigenvalue weighted by Gasteiger charge is 2.15. The highest BCUT2D eigenvalue weighted by molar-refractivity contribution is 9.10. The highest BCUT2D eigenvalue weighted by Crippen LogP contribution is 2.33. The molecule has 30 heavy (non-hydrogen) atoms. The molecule has 0 unspecified atom stereocenters. The Labute approximate surface area is 192 Å². The van der Waals surface area contributed by atoms with Crippen LogP contribution >= 0.6 is 39.0 Å². The van der Waals surface area contributed by atoms with E-state index in [9.17, 15) is 0 Å². The van der Waals surface area contributed by atoms with Gasteiger partial charge >= 0.3 is 0 Å². The molecule has 4 rings (SSSR count). The van der Waals surface area contributed by atoms with E-state index >= 15 is 0 Å². The van der Waals surface area contributed by atoms with Crippen molar-refractivity contribution in [2.45, 2.75) is 17.5 Å². The van der Waals surface area contributed by atoms with Gasteiger partial charge in [-0.2, -0.15) is 0 Å². The number of nitrogens with zero attached hydrogens (tertiary/aromatic N) is 4. The fourth-order valence-electron chi connectivity index (χ4n) is 2.96. The molecule has 0 radical (unpaired) electrons. The molecule has 4 aromatic rings. The predicted octanol–water partition coefficient (Wildman–Crippen LogP) is 6.32. The third-order valence-corrected chi connectivity index (χ3v) is 6.82. The highest BCUT2D eigenvalue weighted by atomic mass is 79.9. The average molecular weight is 499 g/mol. The minimum absolute atomic E-state index is 0.643. The molecule has 0 spiro atoms. The largest absolute Gasteiger partial charge is 0.496 e. The first-order valence-corrected chi connectivity index (χ1v) is 11.9. The van der Waals surface area contributed by atoms with Crippen LogP contribution < -0.4 is 4.74 Å². The number of methoxy groups -OCH3 is 1. The number of aromatic nitrogens is 4. The first kappa shape index (κ1) is 20.8. The van der Waals surface area contributed by atoms with E-state index in [0.29, 0.717) is 12.3 Å². The second-order valence-corrected chi connectivity index (χ2v) is 9.06. The van der Waals surface area contributed by atoms with E-state index in [-0.39, 0.29) is 0 Å². The number of hydrogen-bond acceptors (Lipinski definition) is 6. The number of halogens is 1. The maximum absolute atomic E-state index is 5.46. The third kappa shape index (κ3) is 4.50. The van der Waals surface area contributed by atoms with Gasteiger partial charge in [-0.15, -0.1) is 28.1 Å². The SMILES string of the molecule is C=CCn1c(SCc2csc(-c3ccccc3OC)n2)nnc1-c1ccc(Br)cc1. The summed E-state index contributed by atoms with van der Waals surface area (Å²) in [6, 6.07) is 16.0. The van der Waals surface area contributed by atoms with Gasteiger partial charge in [-0.05, 0) is 24.3 Å². The maximum atomic E-state index is 5.46. The third-order valence-electron chi connectivity index (χ3n) is 4.37. The molecule has 0 atom stereocenters. The van der Waals surface area contributed by atoms with Crippen molar-refractivity contribution in [2.24, 2.45) is 0 Å². The molecule has 2 heterocycles. The van der Waals surface area contributed by atoms with Crippen molar-refractivity contribution < 1.29 is 4.74 Å². The Balaban J connectivity index is 1.54. The first-order valence-electron chi connectivity index (χ1n) is 9.20. The predicted molar refractivity (Wildman–Crippen MR) is 127 cm³/mol. The topological polar surface area (TPSA) is 52.8 Å². The molecule has 0 aliphatic heterocycles. The molecule has 8 heteroatoms. The normalized spacial score (nSPS) is 10.9. The lowest BCUT2D eigenvalue weighted by atomic mass is 10.2. The summed E-state index contributed by atoms with van der Waals surface area (Å²) in [5, 5.41) is 12.7. The summed E-state index contributed by atoms with van der Waals surface area (Å²) in [5.74, 6) is 2.37. The summed E-state index contributed by atoms with van der Waals surface area (Å²) >= 11 is 6.71. The van der Waals surface area contributed by atoms with Gasteiger partial charge in [0.2, 0.25) is 0 Å². The fourth-order valence-corrected chi connectivity index (χ4v) is 5.02. The lowest BCUT2D eigenvalue weighted by Gasteiger charge is -2.07. The quantitative estimate of drug-likeness (QED) is 0.210. The maximum Gasteiger partial charge on any atom is 0.192 e. The van der Waals surface area contributed by atoms with Crippen LogP contribution in [0.3, 0.4) is 0 Å². The van der Waals surface area contributed by atoms with Gasteiger partial charge in [0.15, 0.2) is 11.0 Å². The van der Waals surface area contributed by atoms with Gasteiger partial charge in [0, 0.05) is 27.7 Å². The molecule has 0 amide bonds. The van der Waals surface area contributed by atoms with Crippen LogP contribution in [0.1, 0.15) is 5.69 Å². The van der Waals surface area contributed by atoms with E-state index < -0.39 is 0 Å². The number of thioether (sulfide) groups is 1. The van der Waals surface area contributed by atoms with E-state index in [1.165, 1.54) is 0 Å². The van der Waals surface area contributed by atoms with Crippen molar-refractivity contribution in [3.8, 4) is 27.7 Å². The number of thiazole rings is 1. The molecule has 0 aliphatic rings. The van der Waals surface area contributed by atoms with Crippen LogP contribution in [0.15, 0.2) is 76.2 Å². The number of para-hydroxylation sites is 1. The molecule has 0 saturated heterocycles. The molecule has 5 nitrogen and oxygen atoms in total. The van der Waals surface area contributed by atoms with E-state index in [1.807, 2.05) is 54.6 Å². The lowest BCUT2D eigenvalue weighted by molar-refractivity contribution is 0.416. The molecule has 2 aromatic heterocycles. The van der Waals surface area contributed by atoms with Crippen molar-refractivity contribution in [3.05, 3.63) is 76.7 Å². The number of allylic oxidation sites excluding steroid dienone is 1. The number of rotatable bonds is 8. The van der Waals surface area contributed by atoms with Crippen molar-refractivity contribution in [2.75, 3.05) is 7.11 Å². The van der Waals surface area contributed by atoms with Crippen LogP contribution in [0.5, 0.6) is 5.75 Å². The van der Waals surface area contributed by atoms with Crippen LogP contribution in [0, 0.1) is 0 Å². The van der Waals surface area contributed by atoms with Gasteiger partial charge in [0.05, 0.1) is 18.4 Å². The van der Waals surface area contributed by atoms with E-state index in [2.05, 4.69) is 42.7 Å². The first-order chi connectivity index (χ1) is 14.7. The Morgan fingerprint density at radius 1 is 1.17 bits per heavy atom. The Morgan fingerprint density at radius 3 is 2.73 bits per heavy atom. The molecule has 0 saturated carbocycles. The zero-order chi connectivity index (χ0) is 20.9. The van der Waals surface area contributed by atoms with Gasteiger partial charge in [0.25, 0.3) is 0 Å². The van der Waals surface area contributed by atoms with E-state index in [1.54, 1.807) is 30.2 Å². The minimum atomic E-state index is 0.643. The summed E-state index contributed by atoms with van der Waals surface area (Å²) in [4.78, 5) is 4.79. The molecular weight excluding hydrogens is 480 g/mol. The van der Waals surface area contributed by atoms with Crippen LogP contribution in [-0.2, 0) is 12.3 Å². The zero-order valence-electron chi connectivity index (χ0n) is 16.3. The zero-order valence-corrected chi connectivity index (χ0v) is 19.5. The summed E-state index contributed by atoms with van der Waals surface area (Å²) in [6.07, 6.45) is 1.86. The minimum Gasteiger partial charge on any atom is -0.496 e. The molecular formula is C22H19BrN4OS2. The Kier molecular flexibility index (Phi) is 6.66. The van der Waals surface area contributed by atoms with E-state index in [0.717, 1.165) is 43.0 Å². The molecule has 0 aliphatic carbocycles. The summed E-state index contributed by atoms with van der Waals surface area (Å²) in [6.45, 7) is 4.52. The summed E-state index contributed by atoms with van der Waals surface area (Å²) in [7, 11) is 1.68. The molecule has 0 N–H and O–H groups in total. The Hall–Kier alpha value is -2.42. The van der Waals surface area contributed by atoms with Crippen molar-refractivity contribution in [1.29, 1.82) is 0 Å². The lowest BCUT2D eigenvalue weighted by Crippen LogP contribution is -2.00. The van der Waals surface area contributed by atoms with Crippen molar-refractivity contribution in [3.63, 3.8) is 0 Å². The van der Waals surface area contributed by atoms with Gasteiger partial charge < -0.3 is 4.74 Å². The molecule has 152 valence electrons. The number of benzene rings is 2. The molecule has 0 bridgehead atoms. The van der Waals surface area contributed by atoms with Crippen molar-refractivity contribution >= 4 is 39.0 Å². The summed E-state index contributed by atoms with van der Waals surface area (Å²) < 4.78 is 8.57. The smallest absolute Gasteiger partial charge is 0.192 e. The van der Waals surface area contributed by atoms with Gasteiger partial charge in [-0.3, -0.25) is 4.57 Å². The Bertz CT molecular complexity index is 1150. The number of ether oxygens (including phenoxy) is 1. The van der Waals surface area contributed by atoms with E-state index in [4.69, 9.17) is 9.72 Å². The summed E-state index contributed by atoms with van der Waals surface area (Å²) in [5.41, 5.74) is 3.03. The Morgan fingerprint density at radius 2 is 1.97 bits per heavy atom. The number of hydrogen-bond donors (Lipinski definition) is 0. The average Bonchev–Trinajstić information content (AvgIpc) is 3.40. The van der Waals surface area contributed by atoms with Gasteiger partial charge in [0.1, 0.15) is 10.8 Å². The molecule has 0 fully saturated rings. The van der Waals surface area contributed by atoms with Gasteiger partial charge in [-0.1, -0.05) is 58.0 Å². The fraction of sp³-hybridized carbons (Fsp3) is 0.136. The molecule has 2 aromatic carbocycles. The van der Waals surface area contributed by atoms with Crippen molar-refractivity contribution in [1.82, 2.24) is 19.7 Å². The van der Waals surface area contributed by atoms with Gasteiger partial charge in [-0.25, -0.2) is 4.98 Å². The second kappa shape index (κ2) is 9.59. The second-order valence-electron chi connectivity index (χ2n) is 6.35. The monoisotopic (exact) mass is 498 g/mol. The van der Waals surface area contributed by atoms with Crippen LogP contribution in [0.4, 0.5) is 0 Å². The standard InChI is InChI=1S/C22H19BrN4OS2/c1-3-12-27-20(15-8-10-16(23)11-9-15)25-26-22(27)30-14-17-13-29-21(24-17)18-6-4-5-7-19(18)28-2/h3-11,13H,1,12,14H2,2H3. The van der Waals surface area contributed by atoms with Crippen LogP contribution in [-0.4, -0.2) is 26.9 Å². The van der Waals surface area contributed by atoms with Crippen LogP contribution in [0.2, 0.25) is 0 Å². The van der Waals surface area contributed by atoms with Crippen LogP contribution in [0.25, 0.3) is 22.0 Å².